The van der Waals surface area contributed by atoms with Crippen molar-refractivity contribution in [3.05, 3.63) is 36.3 Å². The highest BCUT2D eigenvalue weighted by atomic mass is 79.9. The Labute approximate surface area is 186 Å². The minimum Gasteiger partial charge on any atom is -0.459 e. The van der Waals surface area contributed by atoms with Crippen LogP contribution < -0.4 is 5.32 Å². The van der Waals surface area contributed by atoms with Crippen molar-refractivity contribution < 1.29 is 19.2 Å². The minimum atomic E-state index is -0.611. The maximum Gasteiger partial charge on any atom is 0.404 e. The van der Waals surface area contributed by atoms with E-state index in [0.29, 0.717) is 22.2 Å². The molecule has 2 heterocycles. The van der Waals surface area contributed by atoms with Crippen LogP contribution >= 0.6 is 27.3 Å². The first-order valence-corrected chi connectivity index (χ1v) is 11.2. The summed E-state index contributed by atoms with van der Waals surface area (Å²) in [5.41, 5.74) is 1.84. The Morgan fingerprint density at radius 2 is 2.17 bits per heavy atom. The Bertz CT molecular complexity index is 1010. The van der Waals surface area contributed by atoms with Gasteiger partial charge in [0.15, 0.2) is 0 Å². The average molecular weight is 499 g/mol. The van der Waals surface area contributed by atoms with Crippen molar-refractivity contribution in [2.24, 2.45) is 5.92 Å². The maximum absolute atomic E-state index is 12.7. The third-order valence-corrected chi connectivity index (χ3v) is 6.99. The fraction of sp³-hybridized carbons (Fsp3) is 0.526. The first kappa shape index (κ1) is 22.4. The summed E-state index contributed by atoms with van der Waals surface area (Å²) in [7, 11) is 0. The molecule has 1 aliphatic carbocycles. The number of ether oxygens (including phenoxy) is 1. The average Bonchev–Trinajstić information content (AvgIpc) is 3.12. The molecule has 30 heavy (non-hydrogen) atoms. The van der Waals surface area contributed by atoms with Gasteiger partial charge in [-0.05, 0) is 72.4 Å². The molecule has 0 unspecified atom stereocenters. The third kappa shape index (κ3) is 4.56. The van der Waals surface area contributed by atoms with Gasteiger partial charge in [-0.2, -0.15) is 4.68 Å². The minimum absolute atomic E-state index is 0.212. The number of rotatable bonds is 6. The largest absolute Gasteiger partial charge is 0.459 e. The van der Waals surface area contributed by atoms with Gasteiger partial charge in [0, 0.05) is 4.88 Å². The Hall–Kier alpha value is -2.27. The topological polar surface area (TPSA) is 116 Å². The van der Waals surface area contributed by atoms with Crippen molar-refractivity contribution >= 4 is 50.0 Å². The van der Waals surface area contributed by atoms with Crippen LogP contribution in [0.2, 0.25) is 0 Å². The molecule has 3 rings (SSSR count). The molecule has 2 aromatic rings. The monoisotopic (exact) mass is 498 g/mol. The van der Waals surface area contributed by atoms with E-state index in [4.69, 9.17) is 4.74 Å². The van der Waals surface area contributed by atoms with Gasteiger partial charge < -0.3 is 20.2 Å². The molecule has 0 aliphatic heterocycles. The zero-order valence-electron chi connectivity index (χ0n) is 17.2. The van der Waals surface area contributed by atoms with Gasteiger partial charge in [0.1, 0.15) is 16.0 Å². The smallest absolute Gasteiger partial charge is 0.404 e. The molecule has 1 atom stereocenters. The van der Waals surface area contributed by atoms with Gasteiger partial charge in [-0.15, -0.1) is 11.3 Å². The predicted octanol–water partition coefficient (Wildman–Crippen LogP) is 4.25. The van der Waals surface area contributed by atoms with Crippen LogP contribution in [0.5, 0.6) is 0 Å². The van der Waals surface area contributed by atoms with E-state index in [2.05, 4.69) is 33.3 Å². The zero-order valence-corrected chi connectivity index (χ0v) is 19.6. The first-order valence-electron chi connectivity index (χ1n) is 9.61. The van der Waals surface area contributed by atoms with E-state index in [1.165, 1.54) is 16.0 Å². The van der Waals surface area contributed by atoms with Gasteiger partial charge in [0.25, 0.3) is 0 Å². The number of carbonyl (C=O) groups excluding carboxylic acids is 2. The summed E-state index contributed by atoms with van der Waals surface area (Å²) < 4.78 is 6.91. The molecular weight excluding hydrogens is 476 g/mol. The van der Waals surface area contributed by atoms with Crippen LogP contribution in [-0.2, 0) is 28.9 Å². The number of fused-ring (bicyclic) bond motifs is 1. The van der Waals surface area contributed by atoms with Crippen molar-refractivity contribution in [3.8, 4) is 0 Å². The number of anilines is 1. The number of amides is 1. The highest BCUT2D eigenvalue weighted by Crippen LogP contribution is 2.40. The van der Waals surface area contributed by atoms with Gasteiger partial charge >= 0.3 is 11.8 Å². The van der Waals surface area contributed by atoms with Gasteiger partial charge in [-0.25, -0.2) is 4.79 Å². The van der Waals surface area contributed by atoms with Crippen LogP contribution in [0.15, 0.2) is 4.47 Å². The van der Waals surface area contributed by atoms with Gasteiger partial charge in [0.05, 0.1) is 22.5 Å². The number of nitrogens with zero attached hydrogens (tertiary/aromatic N) is 3. The normalized spacial score (nSPS) is 15.7. The van der Waals surface area contributed by atoms with Crippen LogP contribution in [0.25, 0.3) is 0 Å². The summed E-state index contributed by atoms with van der Waals surface area (Å²) in [4.78, 5) is 37.0. The van der Waals surface area contributed by atoms with E-state index in [0.717, 1.165) is 29.7 Å². The number of thiophene rings is 1. The summed E-state index contributed by atoms with van der Waals surface area (Å²) in [6, 6.07) is 0. The predicted molar refractivity (Wildman–Crippen MR) is 116 cm³/mol. The van der Waals surface area contributed by atoms with E-state index in [1.807, 2.05) is 0 Å². The molecule has 0 aromatic carbocycles. The molecule has 0 spiro atoms. The lowest BCUT2D eigenvalue weighted by molar-refractivity contribution is -0.390. The molecule has 2 aromatic heterocycles. The summed E-state index contributed by atoms with van der Waals surface area (Å²) in [5, 5.41) is 18.2. The Balaban J connectivity index is 1.87. The van der Waals surface area contributed by atoms with Crippen LogP contribution in [0, 0.1) is 23.0 Å². The molecule has 0 radical (unpaired) electrons. The summed E-state index contributed by atoms with van der Waals surface area (Å²) in [6.45, 7) is 7.15. The molecular formula is C19H23BrN4O5S. The molecule has 1 N–H and O–H groups in total. The number of esters is 1. The van der Waals surface area contributed by atoms with Crippen LogP contribution in [0.3, 0.4) is 0 Å². The second-order valence-electron chi connectivity index (χ2n) is 7.70. The number of hydrogen-bond donors (Lipinski definition) is 1. The number of nitro groups is 1. The fourth-order valence-corrected chi connectivity index (χ4v) is 5.25. The highest BCUT2D eigenvalue weighted by molar-refractivity contribution is 9.10. The quantitative estimate of drug-likeness (QED) is 0.361. The maximum atomic E-state index is 12.7. The second kappa shape index (κ2) is 8.84. The second-order valence-corrected chi connectivity index (χ2v) is 9.59. The Kier molecular flexibility index (Phi) is 6.61. The lowest BCUT2D eigenvalue weighted by Crippen LogP contribution is -2.22. The molecule has 0 saturated heterocycles. The molecule has 1 amide bonds. The van der Waals surface area contributed by atoms with E-state index < -0.39 is 16.8 Å². The first-order chi connectivity index (χ1) is 14.1. The summed E-state index contributed by atoms with van der Waals surface area (Å²) in [6.07, 6.45) is 2.32. The third-order valence-electron chi connectivity index (χ3n) is 4.89. The van der Waals surface area contributed by atoms with E-state index in [1.54, 1.807) is 20.8 Å². The SMILES string of the molecule is Cc1c(Br)c([N+](=O)[O-])nn1CC(=O)Nc1sc2c(c1C(=O)OC(C)C)CC[C@@H](C)C2. The number of aromatic nitrogens is 2. The van der Waals surface area contributed by atoms with Gasteiger partial charge in [0.2, 0.25) is 5.91 Å². The zero-order chi connectivity index (χ0) is 22.2. The van der Waals surface area contributed by atoms with E-state index in [-0.39, 0.29) is 22.9 Å². The van der Waals surface area contributed by atoms with Crippen LogP contribution in [0.1, 0.15) is 53.7 Å². The van der Waals surface area contributed by atoms with Crippen molar-refractivity contribution in [1.29, 1.82) is 0 Å². The molecule has 162 valence electrons. The number of nitrogens with one attached hydrogen (secondary N) is 1. The van der Waals surface area contributed by atoms with Gasteiger partial charge in [-0.3, -0.25) is 4.79 Å². The Morgan fingerprint density at radius 1 is 1.47 bits per heavy atom. The molecule has 11 heteroatoms. The molecule has 0 bridgehead atoms. The number of carbonyl (C=O) groups is 2. The standard InChI is InChI=1S/C19H23BrN4O5S/c1-9(2)29-19(26)15-12-6-5-10(3)7-13(12)30-18(15)21-14(25)8-23-11(4)16(20)17(22-23)24(27)28/h9-10H,5-8H2,1-4H3,(H,21,25)/t10-/m1/s1. The number of hydrogen-bond acceptors (Lipinski definition) is 7. The summed E-state index contributed by atoms with van der Waals surface area (Å²) >= 11 is 4.54. The molecule has 1 aliphatic rings. The van der Waals surface area contributed by atoms with Crippen molar-refractivity contribution in [2.75, 3.05) is 5.32 Å². The molecule has 0 saturated carbocycles. The Morgan fingerprint density at radius 3 is 2.77 bits per heavy atom. The summed E-state index contributed by atoms with van der Waals surface area (Å²) in [5.74, 6) is -0.699. The lowest BCUT2D eigenvalue weighted by Gasteiger charge is -2.18. The fourth-order valence-electron chi connectivity index (χ4n) is 3.41. The lowest BCUT2D eigenvalue weighted by atomic mass is 9.88. The van der Waals surface area contributed by atoms with Crippen molar-refractivity contribution in [1.82, 2.24) is 9.78 Å². The van der Waals surface area contributed by atoms with E-state index >= 15 is 0 Å². The van der Waals surface area contributed by atoms with Crippen molar-refractivity contribution in [2.45, 2.75) is 59.6 Å². The van der Waals surface area contributed by atoms with Crippen LogP contribution in [-0.4, -0.2) is 32.7 Å². The molecule has 9 nitrogen and oxygen atoms in total. The van der Waals surface area contributed by atoms with Crippen molar-refractivity contribution in [3.63, 3.8) is 0 Å². The van der Waals surface area contributed by atoms with E-state index in [9.17, 15) is 19.7 Å². The van der Waals surface area contributed by atoms with Crippen LogP contribution in [0.4, 0.5) is 10.8 Å². The highest BCUT2D eigenvalue weighted by Gasteiger charge is 2.30. The van der Waals surface area contributed by atoms with Gasteiger partial charge in [-0.1, -0.05) is 6.92 Å². The molecule has 0 fully saturated rings. The number of halogens is 1.